The van der Waals surface area contributed by atoms with E-state index in [-0.39, 0.29) is 53.7 Å². The van der Waals surface area contributed by atoms with Crippen LogP contribution in [0, 0.1) is 36.0 Å². The average molecular weight is 773 g/mol. The standard InChI is InChI=1S/C37H44F3N6O7P/c1-4-7-12-24(13-8-5-2)21-50-35(48)29(18-25-16-26(38)19-27(39)17-25)45-54(49,53-28-14-10-9-11-15-28)51-22-37(6-3)30(47)20-31(52-37)46-23-42-32-33(41)43-36(40)44-34(32)46/h3,9-11,14-17,19,23-24,29-31,47H,4-5,7-8,12-13,18,20-22H2,1-2H3,(H,45,49)(H2,41,43,44)/t29-,30-,31+,37+,54?/m0/s1. The fourth-order valence-corrected chi connectivity index (χ4v) is 7.69. The van der Waals surface area contributed by atoms with Crippen LogP contribution in [0.2, 0.25) is 0 Å². The molecule has 1 saturated heterocycles. The first-order chi connectivity index (χ1) is 25.9. The highest BCUT2D eigenvalue weighted by molar-refractivity contribution is 7.52. The second-order valence-electron chi connectivity index (χ2n) is 13.2. The molecule has 1 aliphatic heterocycles. The van der Waals surface area contributed by atoms with Crippen molar-refractivity contribution >= 4 is 30.7 Å². The number of hydrogen-bond acceptors (Lipinski definition) is 11. The number of aliphatic hydroxyl groups excluding tert-OH is 1. The molecule has 17 heteroatoms. The molecular weight excluding hydrogens is 728 g/mol. The van der Waals surface area contributed by atoms with Crippen molar-refractivity contribution < 1.29 is 46.2 Å². The summed E-state index contributed by atoms with van der Waals surface area (Å²) in [6, 6.07) is 9.17. The summed E-state index contributed by atoms with van der Waals surface area (Å²) in [4.78, 5) is 25.1. The molecule has 0 bridgehead atoms. The van der Waals surface area contributed by atoms with Crippen LogP contribution < -0.4 is 15.3 Å². The van der Waals surface area contributed by atoms with E-state index in [1.54, 1.807) is 18.2 Å². The van der Waals surface area contributed by atoms with Gasteiger partial charge in [-0.2, -0.15) is 19.4 Å². The smallest absolute Gasteiger partial charge is 0.459 e. The number of para-hydroxylation sites is 1. The Kier molecular flexibility index (Phi) is 13.7. The Hall–Kier alpha value is -4.52. The molecule has 13 nitrogen and oxygen atoms in total. The monoisotopic (exact) mass is 772 g/mol. The molecule has 5 atom stereocenters. The number of halogens is 3. The molecular formula is C37H44F3N6O7P. The van der Waals surface area contributed by atoms with Gasteiger partial charge in [0.15, 0.2) is 22.6 Å². The van der Waals surface area contributed by atoms with E-state index in [1.165, 1.54) is 23.0 Å². The quantitative estimate of drug-likeness (QED) is 0.0414. The Balaban J connectivity index is 1.42. The molecule has 0 amide bonds. The molecule has 54 heavy (non-hydrogen) atoms. The van der Waals surface area contributed by atoms with Crippen molar-refractivity contribution in [3.8, 4) is 18.1 Å². The predicted molar refractivity (Wildman–Crippen MR) is 193 cm³/mol. The summed E-state index contributed by atoms with van der Waals surface area (Å²) in [5.41, 5.74) is 3.98. The fraction of sp³-hybridized carbons (Fsp3) is 0.459. The van der Waals surface area contributed by atoms with Crippen LogP contribution in [0.1, 0.15) is 70.6 Å². The lowest BCUT2D eigenvalue weighted by molar-refractivity contribution is -0.147. The lowest BCUT2D eigenvalue weighted by Crippen LogP contribution is -2.44. The number of benzene rings is 2. The van der Waals surface area contributed by atoms with E-state index in [9.17, 15) is 27.6 Å². The molecule has 4 N–H and O–H groups in total. The zero-order chi connectivity index (χ0) is 38.9. The number of hydrogen-bond donors (Lipinski definition) is 3. The highest BCUT2D eigenvalue weighted by Gasteiger charge is 2.50. The molecule has 0 radical (unpaired) electrons. The topological polar surface area (TPSA) is 173 Å². The van der Waals surface area contributed by atoms with Crippen molar-refractivity contribution in [1.82, 2.24) is 24.6 Å². The number of aromatic nitrogens is 4. The van der Waals surface area contributed by atoms with Gasteiger partial charge >= 0.3 is 19.8 Å². The van der Waals surface area contributed by atoms with Crippen molar-refractivity contribution in [2.75, 3.05) is 18.9 Å². The molecule has 1 fully saturated rings. The number of imidazole rings is 1. The Morgan fingerprint density at radius 3 is 2.48 bits per heavy atom. The average Bonchev–Trinajstić information content (AvgIpc) is 3.71. The van der Waals surface area contributed by atoms with E-state index < -0.39 is 62.0 Å². The predicted octanol–water partition coefficient (Wildman–Crippen LogP) is 6.42. The number of fused-ring (bicyclic) bond motifs is 1. The third-order valence-electron chi connectivity index (χ3n) is 9.06. The Bertz CT molecular complexity index is 1950. The number of carbonyl (C=O) groups is 1. The van der Waals surface area contributed by atoms with Crippen molar-refractivity contribution in [2.45, 2.75) is 89.2 Å². The number of aliphatic hydroxyl groups is 1. The SMILES string of the molecule is C#C[C@]1(COP(=O)(N[C@@H](Cc2cc(F)cc(F)c2)C(=O)OCC(CCCC)CCCC)Oc2ccccc2)O[C@@H](n2cnc3c(N)nc(F)nc32)C[C@@H]1O. The number of terminal acetylenes is 1. The van der Waals surface area contributed by atoms with Crippen molar-refractivity contribution in [3.05, 3.63) is 78.1 Å². The van der Waals surface area contributed by atoms with Gasteiger partial charge in [-0.15, -0.1) is 6.42 Å². The van der Waals surface area contributed by atoms with Crippen LogP contribution in [-0.4, -0.2) is 61.6 Å². The fourth-order valence-electron chi connectivity index (χ4n) is 6.17. The highest BCUT2D eigenvalue weighted by atomic mass is 31.2. The van der Waals surface area contributed by atoms with E-state index >= 15 is 0 Å². The Morgan fingerprint density at radius 1 is 1.15 bits per heavy atom. The van der Waals surface area contributed by atoms with Crippen LogP contribution in [0.15, 0.2) is 54.9 Å². The van der Waals surface area contributed by atoms with Gasteiger partial charge in [0.1, 0.15) is 42.4 Å². The van der Waals surface area contributed by atoms with Gasteiger partial charge in [-0.3, -0.25) is 13.9 Å². The number of nitrogens with zero attached hydrogens (tertiary/aromatic N) is 4. The summed E-state index contributed by atoms with van der Waals surface area (Å²) >= 11 is 0. The van der Waals surface area contributed by atoms with Crippen molar-refractivity contribution in [1.29, 1.82) is 0 Å². The summed E-state index contributed by atoms with van der Waals surface area (Å²) in [5, 5.41) is 13.9. The zero-order valence-corrected chi connectivity index (χ0v) is 30.9. The first-order valence-corrected chi connectivity index (χ1v) is 19.3. The van der Waals surface area contributed by atoms with Gasteiger partial charge in [0.2, 0.25) is 0 Å². The molecule has 0 saturated carbocycles. The molecule has 0 spiro atoms. The van der Waals surface area contributed by atoms with Crippen LogP contribution in [-0.2, 0) is 29.8 Å². The number of anilines is 1. The number of ether oxygens (including phenoxy) is 2. The molecule has 2 aromatic heterocycles. The molecule has 1 aliphatic rings. The van der Waals surface area contributed by atoms with Crippen LogP contribution in [0.5, 0.6) is 5.75 Å². The van der Waals surface area contributed by atoms with Crippen molar-refractivity contribution in [3.63, 3.8) is 0 Å². The van der Waals surface area contributed by atoms with E-state index in [0.717, 1.165) is 50.7 Å². The van der Waals surface area contributed by atoms with Gasteiger partial charge in [-0.1, -0.05) is 63.7 Å². The maximum absolute atomic E-state index is 14.7. The van der Waals surface area contributed by atoms with Crippen LogP contribution in [0.4, 0.5) is 19.0 Å². The largest absolute Gasteiger partial charge is 0.464 e. The minimum Gasteiger partial charge on any atom is -0.464 e. The number of unbranched alkanes of at least 4 members (excludes halogenated alkanes) is 2. The van der Waals surface area contributed by atoms with Gasteiger partial charge in [-0.05, 0) is 55.0 Å². The van der Waals surface area contributed by atoms with Gasteiger partial charge < -0.3 is 24.8 Å². The third-order valence-corrected chi connectivity index (χ3v) is 10.6. The highest BCUT2D eigenvalue weighted by Crippen LogP contribution is 2.48. The van der Waals surface area contributed by atoms with Crippen LogP contribution in [0.25, 0.3) is 11.2 Å². The summed E-state index contributed by atoms with van der Waals surface area (Å²) in [6.07, 6.45) is 8.50. The molecule has 4 aromatic rings. The summed E-state index contributed by atoms with van der Waals surface area (Å²) in [7, 11) is -4.69. The van der Waals surface area contributed by atoms with Gasteiger partial charge in [-0.25, -0.2) is 18.3 Å². The minimum absolute atomic E-state index is 0.0209. The van der Waals surface area contributed by atoms with E-state index in [4.69, 9.17) is 30.7 Å². The Labute approximate surface area is 311 Å². The summed E-state index contributed by atoms with van der Waals surface area (Å²) < 4.78 is 82.3. The molecule has 3 heterocycles. The van der Waals surface area contributed by atoms with Crippen LogP contribution >= 0.6 is 7.75 Å². The molecule has 5 rings (SSSR count). The maximum atomic E-state index is 14.7. The van der Waals surface area contributed by atoms with E-state index in [2.05, 4.69) is 39.8 Å². The lowest BCUT2D eigenvalue weighted by Gasteiger charge is -2.30. The number of rotatable bonds is 19. The third kappa shape index (κ3) is 10.2. The van der Waals surface area contributed by atoms with Gasteiger partial charge in [0.25, 0.3) is 0 Å². The lowest BCUT2D eigenvalue weighted by atomic mass is 9.97. The van der Waals surface area contributed by atoms with E-state index in [0.29, 0.717) is 6.07 Å². The normalized spacial score (nSPS) is 20.1. The van der Waals surface area contributed by atoms with E-state index in [1.807, 2.05) is 0 Å². The first-order valence-electron chi connectivity index (χ1n) is 17.7. The van der Waals surface area contributed by atoms with Crippen LogP contribution in [0.3, 0.4) is 0 Å². The number of carbonyl (C=O) groups excluding carboxylic acids is 1. The second kappa shape index (κ2) is 18.2. The van der Waals surface area contributed by atoms with Crippen molar-refractivity contribution in [2.24, 2.45) is 5.92 Å². The van der Waals surface area contributed by atoms with Gasteiger partial charge in [0.05, 0.1) is 12.9 Å². The zero-order valence-electron chi connectivity index (χ0n) is 30.0. The Morgan fingerprint density at radius 2 is 1.83 bits per heavy atom. The molecule has 1 unspecified atom stereocenters. The maximum Gasteiger partial charge on any atom is 0.459 e. The summed E-state index contributed by atoms with van der Waals surface area (Å²) in [6.45, 7) is 3.46. The number of nitrogen functional groups attached to an aromatic ring is 1. The first kappa shape index (κ1) is 40.7. The molecule has 2 aromatic carbocycles. The number of nitrogens with two attached hydrogens (primary N) is 1. The number of nitrogens with one attached hydrogen (secondary N) is 1. The number of esters is 1. The second-order valence-corrected chi connectivity index (χ2v) is 14.9. The molecule has 0 aliphatic carbocycles. The van der Waals surface area contributed by atoms with Gasteiger partial charge in [0, 0.05) is 12.5 Å². The molecule has 290 valence electrons. The summed E-state index contributed by atoms with van der Waals surface area (Å²) in [5.74, 6) is -0.305. The minimum atomic E-state index is -4.69.